The van der Waals surface area contributed by atoms with Gasteiger partial charge in [0, 0.05) is 25.3 Å². The third-order valence-corrected chi connectivity index (χ3v) is 3.33. The van der Waals surface area contributed by atoms with Crippen LogP contribution in [0.4, 0.5) is 18.9 Å². The Morgan fingerprint density at radius 1 is 1.25 bits per heavy atom. The van der Waals surface area contributed by atoms with Crippen molar-refractivity contribution in [2.75, 3.05) is 37.7 Å². The molecule has 1 aliphatic rings. The molecule has 2 rings (SSSR count). The number of hydrogen-bond acceptors (Lipinski definition) is 3. The van der Waals surface area contributed by atoms with Crippen molar-refractivity contribution < 1.29 is 17.9 Å². The van der Waals surface area contributed by atoms with Gasteiger partial charge < -0.3 is 15.0 Å². The molecule has 112 valence electrons. The van der Waals surface area contributed by atoms with Crippen LogP contribution in [0, 0.1) is 0 Å². The van der Waals surface area contributed by atoms with Crippen LogP contribution in [0.15, 0.2) is 18.2 Å². The largest absolute Gasteiger partial charge is 0.416 e. The summed E-state index contributed by atoms with van der Waals surface area (Å²) in [5.41, 5.74) is 0.949. The first-order valence-corrected chi connectivity index (χ1v) is 6.76. The lowest BCUT2D eigenvalue weighted by molar-refractivity contribution is -0.137. The molecule has 0 bridgehead atoms. The second-order valence-electron chi connectivity index (χ2n) is 4.72. The van der Waals surface area contributed by atoms with Crippen LogP contribution in [-0.4, -0.2) is 32.8 Å². The molecule has 1 aromatic rings. The molecule has 0 aliphatic carbocycles. The number of halogens is 3. The van der Waals surface area contributed by atoms with Crippen molar-refractivity contribution in [3.05, 3.63) is 29.3 Å². The van der Waals surface area contributed by atoms with Crippen LogP contribution in [0.5, 0.6) is 0 Å². The maximum atomic E-state index is 12.9. The summed E-state index contributed by atoms with van der Waals surface area (Å²) in [6.07, 6.45) is -4.31. The Hall–Kier alpha value is -1.27. The molecule has 0 amide bonds. The minimum Gasteiger partial charge on any atom is -0.378 e. The first-order valence-electron chi connectivity index (χ1n) is 6.76. The number of anilines is 1. The Kier molecular flexibility index (Phi) is 4.88. The molecule has 1 saturated heterocycles. The molecule has 1 fully saturated rings. The maximum Gasteiger partial charge on any atom is 0.416 e. The van der Waals surface area contributed by atoms with E-state index >= 15 is 0 Å². The normalized spacial score (nSPS) is 16.5. The lowest BCUT2D eigenvalue weighted by Gasteiger charge is -2.31. The summed E-state index contributed by atoms with van der Waals surface area (Å²) in [5, 5.41) is 3.16. The smallest absolute Gasteiger partial charge is 0.378 e. The maximum absolute atomic E-state index is 12.9. The first-order chi connectivity index (χ1) is 9.52. The van der Waals surface area contributed by atoms with Gasteiger partial charge in [-0.2, -0.15) is 13.2 Å². The molecule has 0 atom stereocenters. The molecular weight excluding hydrogens is 269 g/mol. The van der Waals surface area contributed by atoms with Gasteiger partial charge in [0.15, 0.2) is 0 Å². The number of alkyl halides is 3. The monoisotopic (exact) mass is 288 g/mol. The number of morpholine rings is 1. The quantitative estimate of drug-likeness (QED) is 0.922. The highest BCUT2D eigenvalue weighted by atomic mass is 19.4. The zero-order chi connectivity index (χ0) is 14.6. The molecular formula is C14H19F3N2O. The number of nitrogens with zero attached hydrogens (tertiary/aromatic N) is 1. The fraction of sp³-hybridized carbons (Fsp3) is 0.571. The molecule has 1 N–H and O–H groups in total. The summed E-state index contributed by atoms with van der Waals surface area (Å²) >= 11 is 0. The van der Waals surface area contributed by atoms with Crippen molar-refractivity contribution >= 4 is 5.69 Å². The molecule has 20 heavy (non-hydrogen) atoms. The van der Waals surface area contributed by atoms with Crippen LogP contribution in [0.2, 0.25) is 0 Å². The zero-order valence-corrected chi connectivity index (χ0v) is 11.5. The minimum absolute atomic E-state index is 0.552. The molecule has 6 heteroatoms. The lowest BCUT2D eigenvalue weighted by Crippen LogP contribution is -2.37. The molecule has 1 aromatic carbocycles. The number of nitrogens with one attached hydrogen (secondary N) is 1. The SMILES string of the molecule is CCNCc1ccc(C(F)(F)F)cc1N1CCOCC1. The molecule has 1 heterocycles. The van der Waals surface area contributed by atoms with Crippen molar-refractivity contribution in [1.29, 1.82) is 0 Å². The third-order valence-electron chi connectivity index (χ3n) is 3.33. The van der Waals surface area contributed by atoms with Gasteiger partial charge >= 0.3 is 6.18 Å². The van der Waals surface area contributed by atoms with Crippen LogP contribution in [-0.2, 0) is 17.5 Å². The topological polar surface area (TPSA) is 24.5 Å². The summed E-state index contributed by atoms with van der Waals surface area (Å²) < 4.78 is 43.8. The van der Waals surface area contributed by atoms with Gasteiger partial charge in [-0.1, -0.05) is 13.0 Å². The van der Waals surface area contributed by atoms with Crippen LogP contribution in [0.3, 0.4) is 0 Å². The molecule has 0 spiro atoms. The zero-order valence-electron chi connectivity index (χ0n) is 11.5. The van der Waals surface area contributed by atoms with E-state index in [0.717, 1.165) is 18.2 Å². The number of ether oxygens (including phenoxy) is 1. The van der Waals surface area contributed by atoms with E-state index in [-0.39, 0.29) is 0 Å². The Bertz CT molecular complexity index is 443. The van der Waals surface area contributed by atoms with Crippen molar-refractivity contribution in [1.82, 2.24) is 5.32 Å². The van der Waals surface area contributed by atoms with Gasteiger partial charge in [0.05, 0.1) is 18.8 Å². The van der Waals surface area contributed by atoms with Gasteiger partial charge in [-0.3, -0.25) is 0 Å². The highest BCUT2D eigenvalue weighted by Gasteiger charge is 2.31. The standard InChI is InChI=1S/C14H19F3N2O/c1-2-18-10-11-3-4-12(14(15,16)17)9-13(11)19-5-7-20-8-6-19/h3-4,9,18H,2,5-8,10H2,1H3. The summed E-state index contributed by atoms with van der Waals surface area (Å²) in [6.45, 7) is 5.68. The van der Waals surface area contributed by atoms with Crippen LogP contribution >= 0.6 is 0 Å². The molecule has 3 nitrogen and oxygen atoms in total. The Labute approximate surface area is 116 Å². The van der Waals surface area contributed by atoms with Crippen LogP contribution in [0.25, 0.3) is 0 Å². The number of hydrogen-bond donors (Lipinski definition) is 1. The average molecular weight is 288 g/mol. The molecule has 1 aliphatic heterocycles. The van der Waals surface area contributed by atoms with E-state index in [1.165, 1.54) is 6.07 Å². The van der Waals surface area contributed by atoms with Crippen LogP contribution < -0.4 is 10.2 Å². The van der Waals surface area contributed by atoms with Crippen LogP contribution in [0.1, 0.15) is 18.1 Å². The van der Waals surface area contributed by atoms with Gasteiger partial charge in [-0.25, -0.2) is 0 Å². The summed E-state index contributed by atoms with van der Waals surface area (Å²) in [5.74, 6) is 0. The Balaban J connectivity index is 2.31. The van der Waals surface area contributed by atoms with E-state index < -0.39 is 11.7 Å². The second kappa shape index (κ2) is 6.45. The van der Waals surface area contributed by atoms with Gasteiger partial charge in [0.1, 0.15) is 0 Å². The van der Waals surface area contributed by atoms with Crippen molar-refractivity contribution in [3.63, 3.8) is 0 Å². The molecule has 0 saturated carbocycles. The fourth-order valence-corrected chi connectivity index (χ4v) is 2.25. The summed E-state index contributed by atoms with van der Waals surface area (Å²) in [7, 11) is 0. The summed E-state index contributed by atoms with van der Waals surface area (Å²) in [6, 6.07) is 3.96. The second-order valence-corrected chi connectivity index (χ2v) is 4.72. The minimum atomic E-state index is -4.31. The third kappa shape index (κ3) is 3.64. The van der Waals surface area contributed by atoms with Crippen molar-refractivity contribution in [2.24, 2.45) is 0 Å². The van der Waals surface area contributed by atoms with Crippen molar-refractivity contribution in [3.8, 4) is 0 Å². The predicted octanol–water partition coefficient (Wildman–Crippen LogP) is 2.65. The molecule has 0 radical (unpaired) electrons. The van der Waals surface area contributed by atoms with E-state index in [1.54, 1.807) is 6.07 Å². The lowest BCUT2D eigenvalue weighted by atomic mass is 10.1. The van der Waals surface area contributed by atoms with E-state index in [1.807, 2.05) is 11.8 Å². The van der Waals surface area contributed by atoms with E-state index in [0.29, 0.717) is 38.5 Å². The van der Waals surface area contributed by atoms with Gasteiger partial charge in [-0.05, 0) is 24.2 Å². The van der Waals surface area contributed by atoms with E-state index in [2.05, 4.69) is 5.32 Å². The highest BCUT2D eigenvalue weighted by molar-refractivity contribution is 5.56. The number of benzene rings is 1. The first kappa shape index (κ1) is 15.1. The summed E-state index contributed by atoms with van der Waals surface area (Å²) in [4.78, 5) is 1.96. The fourth-order valence-electron chi connectivity index (χ4n) is 2.25. The van der Waals surface area contributed by atoms with E-state index in [4.69, 9.17) is 4.74 Å². The average Bonchev–Trinajstić information content (AvgIpc) is 2.45. The van der Waals surface area contributed by atoms with E-state index in [9.17, 15) is 13.2 Å². The highest BCUT2D eigenvalue weighted by Crippen LogP contribution is 2.33. The number of rotatable bonds is 4. The van der Waals surface area contributed by atoms with Crippen molar-refractivity contribution in [2.45, 2.75) is 19.6 Å². The van der Waals surface area contributed by atoms with Gasteiger partial charge in [0.25, 0.3) is 0 Å². The Morgan fingerprint density at radius 3 is 2.55 bits per heavy atom. The predicted molar refractivity (Wildman–Crippen MR) is 71.9 cm³/mol. The molecule has 0 unspecified atom stereocenters. The molecule has 0 aromatic heterocycles. The van der Waals surface area contributed by atoms with Gasteiger partial charge in [0.2, 0.25) is 0 Å². The Morgan fingerprint density at radius 2 is 1.95 bits per heavy atom. The van der Waals surface area contributed by atoms with Gasteiger partial charge in [-0.15, -0.1) is 0 Å².